The molecular formula is C10H18N2O2. The van der Waals surface area contributed by atoms with Crippen LogP contribution in [0.25, 0.3) is 0 Å². The van der Waals surface area contributed by atoms with E-state index >= 15 is 0 Å². The zero-order valence-corrected chi connectivity index (χ0v) is 8.90. The fourth-order valence-electron chi connectivity index (χ4n) is 1.40. The number of nitriles is 1. The highest BCUT2D eigenvalue weighted by molar-refractivity contribution is 4.73. The Balaban J connectivity index is 2.11. The van der Waals surface area contributed by atoms with Crippen molar-refractivity contribution in [3.63, 3.8) is 0 Å². The second-order valence-electron chi connectivity index (χ2n) is 3.81. The first-order valence-electron chi connectivity index (χ1n) is 5.01. The molecule has 1 rings (SSSR count). The molecule has 0 radical (unpaired) electrons. The van der Waals surface area contributed by atoms with E-state index < -0.39 is 0 Å². The lowest BCUT2D eigenvalue weighted by molar-refractivity contribution is -0.0623. The van der Waals surface area contributed by atoms with Crippen molar-refractivity contribution in [3.8, 4) is 6.07 Å². The van der Waals surface area contributed by atoms with Crippen LogP contribution < -0.4 is 0 Å². The molecule has 1 aliphatic heterocycles. The number of hydrogen-bond acceptors (Lipinski definition) is 4. The van der Waals surface area contributed by atoms with Gasteiger partial charge in [-0.3, -0.25) is 0 Å². The van der Waals surface area contributed by atoms with Crippen molar-refractivity contribution >= 4 is 0 Å². The quantitative estimate of drug-likeness (QED) is 0.660. The fourth-order valence-corrected chi connectivity index (χ4v) is 1.40. The van der Waals surface area contributed by atoms with Crippen molar-refractivity contribution in [1.82, 2.24) is 4.90 Å². The molecule has 0 aromatic carbocycles. The van der Waals surface area contributed by atoms with E-state index in [1.807, 2.05) is 14.1 Å². The number of hydrogen-bond donors (Lipinski definition) is 0. The third-order valence-corrected chi connectivity index (χ3v) is 2.20. The maximum atomic E-state index is 8.40. The lowest BCUT2D eigenvalue weighted by Crippen LogP contribution is -2.21. The fraction of sp³-hybridized carbons (Fsp3) is 0.900. The van der Waals surface area contributed by atoms with Gasteiger partial charge in [0.2, 0.25) is 0 Å². The normalized spacial score (nSPS) is 26.7. The molecule has 1 fully saturated rings. The minimum Gasteiger partial charge on any atom is -0.350 e. The molecule has 1 heterocycles. The van der Waals surface area contributed by atoms with Crippen LogP contribution in [0, 0.1) is 11.3 Å². The zero-order chi connectivity index (χ0) is 10.4. The summed E-state index contributed by atoms with van der Waals surface area (Å²) in [6.07, 6.45) is 2.25. The summed E-state index contributed by atoms with van der Waals surface area (Å²) in [6.45, 7) is 1.68. The molecule has 0 spiro atoms. The summed E-state index contributed by atoms with van der Waals surface area (Å²) in [6, 6.07) is 2.09. The summed E-state index contributed by atoms with van der Waals surface area (Å²) < 4.78 is 11.0. The van der Waals surface area contributed by atoms with E-state index in [9.17, 15) is 0 Å². The highest BCUT2D eigenvalue weighted by Gasteiger charge is 2.25. The summed E-state index contributed by atoms with van der Waals surface area (Å²) in [4.78, 5) is 2.13. The first kappa shape index (κ1) is 11.4. The topological polar surface area (TPSA) is 45.5 Å². The second kappa shape index (κ2) is 5.97. The molecule has 0 amide bonds. The van der Waals surface area contributed by atoms with E-state index in [1.54, 1.807) is 0 Å². The predicted octanol–water partition coefficient (Wildman–Crippen LogP) is 0.983. The minimum atomic E-state index is -0.151. The van der Waals surface area contributed by atoms with Crippen LogP contribution in [-0.4, -0.2) is 44.5 Å². The van der Waals surface area contributed by atoms with Gasteiger partial charge in [0, 0.05) is 19.4 Å². The number of rotatable bonds is 5. The zero-order valence-electron chi connectivity index (χ0n) is 8.90. The summed E-state index contributed by atoms with van der Waals surface area (Å²) in [5.74, 6) is 0. The van der Waals surface area contributed by atoms with Gasteiger partial charge < -0.3 is 14.4 Å². The molecular weight excluding hydrogens is 180 g/mol. The van der Waals surface area contributed by atoms with Crippen molar-refractivity contribution in [3.05, 3.63) is 0 Å². The average molecular weight is 198 g/mol. The Morgan fingerprint density at radius 1 is 1.43 bits per heavy atom. The highest BCUT2D eigenvalue weighted by atomic mass is 16.7. The molecule has 2 atom stereocenters. The van der Waals surface area contributed by atoms with E-state index in [2.05, 4.69) is 11.0 Å². The highest BCUT2D eigenvalue weighted by Crippen LogP contribution is 2.17. The molecule has 4 nitrogen and oxygen atoms in total. The number of ether oxygens (including phenoxy) is 2. The standard InChI is InChI=1S/C10H18N2O2/c1-12(2)7-5-9-8-13-10(14-9)4-3-6-11/h9-10H,3-5,7-8H2,1-2H3. The van der Waals surface area contributed by atoms with Crippen LogP contribution in [0.4, 0.5) is 0 Å². The van der Waals surface area contributed by atoms with Crippen LogP contribution in [0.3, 0.4) is 0 Å². The largest absolute Gasteiger partial charge is 0.350 e. The summed E-state index contributed by atoms with van der Waals surface area (Å²) in [5.41, 5.74) is 0. The SMILES string of the molecule is CN(C)CCC1COC(CCC#N)O1. The Morgan fingerprint density at radius 3 is 2.86 bits per heavy atom. The van der Waals surface area contributed by atoms with Gasteiger partial charge in [-0.05, 0) is 20.5 Å². The lowest BCUT2D eigenvalue weighted by Gasteiger charge is -2.13. The predicted molar refractivity (Wildman–Crippen MR) is 52.6 cm³/mol. The van der Waals surface area contributed by atoms with Crippen molar-refractivity contribution in [2.24, 2.45) is 0 Å². The van der Waals surface area contributed by atoms with E-state index in [0.717, 1.165) is 13.0 Å². The summed E-state index contributed by atoms with van der Waals surface area (Å²) >= 11 is 0. The van der Waals surface area contributed by atoms with Gasteiger partial charge in [0.25, 0.3) is 0 Å². The van der Waals surface area contributed by atoms with Crippen LogP contribution in [0.2, 0.25) is 0 Å². The van der Waals surface area contributed by atoms with Crippen LogP contribution in [0.5, 0.6) is 0 Å². The maximum Gasteiger partial charge on any atom is 0.159 e. The van der Waals surface area contributed by atoms with Crippen molar-refractivity contribution in [2.45, 2.75) is 31.7 Å². The number of nitrogens with zero attached hydrogens (tertiary/aromatic N) is 2. The molecule has 2 unspecified atom stereocenters. The van der Waals surface area contributed by atoms with E-state index in [4.69, 9.17) is 14.7 Å². The third-order valence-electron chi connectivity index (χ3n) is 2.20. The Kier molecular flexibility index (Phi) is 4.88. The molecule has 0 saturated carbocycles. The molecule has 0 aromatic rings. The lowest BCUT2D eigenvalue weighted by atomic mass is 10.2. The average Bonchev–Trinajstić information content (AvgIpc) is 2.59. The third kappa shape index (κ3) is 4.05. The molecule has 0 aromatic heterocycles. The van der Waals surface area contributed by atoms with Gasteiger partial charge in [0.15, 0.2) is 6.29 Å². The Hall–Kier alpha value is -0.630. The second-order valence-corrected chi connectivity index (χ2v) is 3.81. The smallest absolute Gasteiger partial charge is 0.159 e. The van der Waals surface area contributed by atoms with Gasteiger partial charge in [-0.25, -0.2) is 0 Å². The van der Waals surface area contributed by atoms with Gasteiger partial charge in [-0.15, -0.1) is 0 Å². The minimum absolute atomic E-state index is 0.151. The van der Waals surface area contributed by atoms with Gasteiger partial charge in [-0.2, -0.15) is 5.26 Å². The van der Waals surface area contributed by atoms with Gasteiger partial charge >= 0.3 is 0 Å². The maximum absolute atomic E-state index is 8.40. The molecule has 1 aliphatic rings. The van der Waals surface area contributed by atoms with Crippen LogP contribution in [0.1, 0.15) is 19.3 Å². The molecule has 4 heteroatoms. The van der Waals surface area contributed by atoms with Gasteiger partial charge in [-0.1, -0.05) is 0 Å². The Bertz CT molecular complexity index is 201. The molecule has 1 saturated heterocycles. The van der Waals surface area contributed by atoms with E-state index in [-0.39, 0.29) is 12.4 Å². The Labute approximate surface area is 85.4 Å². The Morgan fingerprint density at radius 2 is 2.21 bits per heavy atom. The molecule has 0 bridgehead atoms. The van der Waals surface area contributed by atoms with E-state index in [0.29, 0.717) is 19.4 Å². The molecule has 80 valence electrons. The molecule has 14 heavy (non-hydrogen) atoms. The van der Waals surface area contributed by atoms with Crippen molar-refractivity contribution in [1.29, 1.82) is 5.26 Å². The van der Waals surface area contributed by atoms with Crippen molar-refractivity contribution in [2.75, 3.05) is 27.2 Å². The van der Waals surface area contributed by atoms with Gasteiger partial charge in [0.05, 0.1) is 18.8 Å². The van der Waals surface area contributed by atoms with E-state index in [1.165, 1.54) is 0 Å². The van der Waals surface area contributed by atoms with Gasteiger partial charge in [0.1, 0.15) is 0 Å². The van der Waals surface area contributed by atoms with Crippen LogP contribution in [-0.2, 0) is 9.47 Å². The summed E-state index contributed by atoms with van der Waals surface area (Å²) in [7, 11) is 4.09. The molecule has 0 N–H and O–H groups in total. The van der Waals surface area contributed by atoms with Crippen LogP contribution >= 0.6 is 0 Å². The van der Waals surface area contributed by atoms with Crippen molar-refractivity contribution < 1.29 is 9.47 Å². The first-order chi connectivity index (χ1) is 6.72. The summed E-state index contributed by atoms with van der Waals surface area (Å²) in [5, 5.41) is 8.40. The van der Waals surface area contributed by atoms with Crippen LogP contribution in [0.15, 0.2) is 0 Å². The first-order valence-corrected chi connectivity index (χ1v) is 5.01. The monoisotopic (exact) mass is 198 g/mol. The molecule has 0 aliphatic carbocycles.